The van der Waals surface area contributed by atoms with Crippen molar-refractivity contribution in [1.29, 1.82) is 0 Å². The fourth-order valence-electron chi connectivity index (χ4n) is 1.54. The van der Waals surface area contributed by atoms with Crippen molar-refractivity contribution in [3.05, 3.63) is 0 Å². The van der Waals surface area contributed by atoms with Gasteiger partial charge in [0.1, 0.15) is 0 Å². The van der Waals surface area contributed by atoms with E-state index in [4.69, 9.17) is 0 Å². The number of hydrogen-bond acceptors (Lipinski definition) is 7. The van der Waals surface area contributed by atoms with E-state index in [-0.39, 0.29) is 0 Å². The quantitative estimate of drug-likeness (QED) is 0.372. The number of carbonyl (C=O) groups excluding carboxylic acids is 3. The van der Waals surface area contributed by atoms with Gasteiger partial charge in [-0.1, -0.05) is 0 Å². The molecule has 2 rings (SSSR count). The van der Waals surface area contributed by atoms with Crippen molar-refractivity contribution in [3.63, 3.8) is 0 Å². The van der Waals surface area contributed by atoms with Gasteiger partial charge in [0.15, 0.2) is 0 Å². The third kappa shape index (κ3) is 2.29. The molecule has 0 saturated carbocycles. The molecule has 1 spiro atoms. The molecule has 2 aliphatic rings. The molecule has 2 fully saturated rings. The summed E-state index contributed by atoms with van der Waals surface area (Å²) < 4.78 is 92.2. The molecule has 2 saturated heterocycles. The van der Waals surface area contributed by atoms with Gasteiger partial charge < -0.3 is 0 Å². The molecule has 7 nitrogen and oxygen atoms in total. The molecule has 0 bridgehead atoms. The zero-order valence-corrected chi connectivity index (χ0v) is 10.3. The Hall–Kier alpha value is -1.62. The van der Waals surface area contributed by atoms with Crippen molar-refractivity contribution in [2.45, 2.75) is 24.4 Å². The zero-order valence-electron chi connectivity index (χ0n) is 9.33. The first kappa shape index (κ1) is 15.8. The Morgan fingerprint density at radius 1 is 0.857 bits per heavy atom. The van der Waals surface area contributed by atoms with E-state index in [1.165, 1.54) is 0 Å². The molecule has 21 heavy (non-hydrogen) atoms. The Labute approximate surface area is 110 Å². The van der Waals surface area contributed by atoms with Crippen molar-refractivity contribution < 1.29 is 58.8 Å². The van der Waals surface area contributed by atoms with Crippen LogP contribution < -0.4 is 0 Å². The summed E-state index contributed by atoms with van der Waals surface area (Å²) in [4.78, 5) is 32.6. The minimum absolute atomic E-state index is 1.92. The first-order valence-corrected chi connectivity index (χ1v) is 6.47. The third-order valence-electron chi connectivity index (χ3n) is 2.45. The number of halogens is 6. The molecule has 14 heteroatoms. The molecule has 2 heterocycles. The maximum absolute atomic E-state index is 12.8. The van der Waals surface area contributed by atoms with Crippen molar-refractivity contribution in [3.8, 4) is 0 Å². The normalized spacial score (nSPS) is 26.1. The molecule has 2 aliphatic heterocycles. The van der Waals surface area contributed by atoms with Gasteiger partial charge in [0, 0.05) is 0 Å². The van der Waals surface area contributed by atoms with Crippen molar-refractivity contribution in [2.24, 2.45) is 0 Å². The van der Waals surface area contributed by atoms with Crippen molar-refractivity contribution in [2.75, 3.05) is 0 Å². The van der Waals surface area contributed by atoms with E-state index in [1.54, 1.807) is 0 Å². The summed E-state index contributed by atoms with van der Waals surface area (Å²) in [6.45, 7) is 0. The molecular weight excluding hydrogens is 341 g/mol. The molecule has 0 N–H and O–H groups in total. The molecule has 120 valence electrons. The van der Waals surface area contributed by atoms with Crippen LogP contribution in [-0.2, 0) is 32.5 Å². The summed E-state index contributed by atoms with van der Waals surface area (Å²) in [7, 11) is -5.55. The number of rotatable bonds is 0. The minimum atomic E-state index is -6.11. The van der Waals surface area contributed by atoms with Gasteiger partial charge >= 0.3 is 109 Å². The molecule has 0 aromatic heterocycles. The van der Waals surface area contributed by atoms with Crippen LogP contribution in [0.15, 0.2) is 0 Å². The van der Waals surface area contributed by atoms with Crippen molar-refractivity contribution >= 4 is 26.1 Å². The van der Waals surface area contributed by atoms with E-state index in [1.807, 2.05) is 0 Å². The fourth-order valence-corrected chi connectivity index (χ4v) is 3.49. The standard InChI is InChI=1S/C7H3F6O7P/c8-6(9,10)5(7(11,12)13)1-2(14)17-21(20-5)18-3(15)4(16)19-21/h21H,1H2. The Bertz CT molecular complexity index is 495. The van der Waals surface area contributed by atoms with Crippen LogP contribution in [0.4, 0.5) is 26.3 Å². The first-order valence-electron chi connectivity index (χ1n) is 4.84. The van der Waals surface area contributed by atoms with Crippen LogP contribution >= 0.6 is 8.17 Å². The molecule has 0 amide bonds. The van der Waals surface area contributed by atoms with Crippen LogP contribution in [0, 0.1) is 0 Å². The Kier molecular flexibility index (Phi) is 3.15. The topological polar surface area (TPSA) is 88.1 Å². The number of carbonyl (C=O) groups is 3. The molecule has 0 aromatic rings. The van der Waals surface area contributed by atoms with E-state index in [9.17, 15) is 40.7 Å². The van der Waals surface area contributed by atoms with Gasteiger partial charge in [-0.25, -0.2) is 0 Å². The van der Waals surface area contributed by atoms with Gasteiger partial charge in [0.05, 0.1) is 0 Å². The van der Waals surface area contributed by atoms with E-state index in [0.717, 1.165) is 0 Å². The molecular formula is C7H3F6O7P. The van der Waals surface area contributed by atoms with Crippen LogP contribution in [0.25, 0.3) is 0 Å². The zero-order chi connectivity index (χ0) is 16.3. The SMILES string of the molecule is O=C1CC(C(F)(F)F)(C(F)(F)F)O[PH]2(O1)OC(=O)C(=O)O2. The average molecular weight is 344 g/mol. The molecule has 0 aliphatic carbocycles. The summed E-state index contributed by atoms with van der Waals surface area (Å²) in [5.41, 5.74) is -4.99. The summed E-state index contributed by atoms with van der Waals surface area (Å²) >= 11 is 0. The van der Waals surface area contributed by atoms with Gasteiger partial charge in [0.2, 0.25) is 0 Å². The Balaban J connectivity index is 2.51. The van der Waals surface area contributed by atoms with E-state index < -0.39 is 50.5 Å². The molecule has 0 unspecified atom stereocenters. The summed E-state index contributed by atoms with van der Waals surface area (Å²) in [5, 5.41) is 0. The third-order valence-corrected chi connectivity index (χ3v) is 4.40. The second kappa shape index (κ2) is 4.19. The first-order chi connectivity index (χ1) is 9.32. The number of hydrogen-bond donors (Lipinski definition) is 0. The van der Waals surface area contributed by atoms with Crippen LogP contribution in [0.2, 0.25) is 0 Å². The number of alkyl halides is 6. The van der Waals surface area contributed by atoms with Crippen molar-refractivity contribution in [1.82, 2.24) is 0 Å². The van der Waals surface area contributed by atoms with E-state index in [0.29, 0.717) is 0 Å². The van der Waals surface area contributed by atoms with Gasteiger partial charge in [0.25, 0.3) is 0 Å². The van der Waals surface area contributed by atoms with Gasteiger partial charge in [-0.05, 0) is 0 Å². The molecule has 0 radical (unpaired) electrons. The van der Waals surface area contributed by atoms with E-state index >= 15 is 0 Å². The van der Waals surface area contributed by atoms with Crippen LogP contribution in [0.3, 0.4) is 0 Å². The van der Waals surface area contributed by atoms with Crippen LogP contribution in [-0.4, -0.2) is 35.9 Å². The monoisotopic (exact) mass is 344 g/mol. The van der Waals surface area contributed by atoms with E-state index in [2.05, 4.69) is 18.1 Å². The second-order valence-electron chi connectivity index (χ2n) is 3.85. The average Bonchev–Trinajstić information content (AvgIpc) is 2.48. The summed E-state index contributed by atoms with van der Waals surface area (Å²) in [6.07, 6.45) is -14.5. The fraction of sp³-hybridized carbons (Fsp3) is 0.571. The second-order valence-corrected chi connectivity index (χ2v) is 5.67. The molecule has 0 aromatic carbocycles. The summed E-state index contributed by atoms with van der Waals surface area (Å²) in [6, 6.07) is 0. The Morgan fingerprint density at radius 2 is 1.29 bits per heavy atom. The Morgan fingerprint density at radius 3 is 1.67 bits per heavy atom. The predicted molar refractivity (Wildman–Crippen MR) is 47.1 cm³/mol. The maximum atomic E-state index is 12.8. The van der Waals surface area contributed by atoms with Gasteiger partial charge in [-0.15, -0.1) is 0 Å². The van der Waals surface area contributed by atoms with Crippen LogP contribution in [0.1, 0.15) is 6.42 Å². The predicted octanol–water partition coefficient (Wildman–Crippen LogP) is 1.32. The van der Waals surface area contributed by atoms with Crippen LogP contribution in [0.5, 0.6) is 0 Å². The molecule has 0 atom stereocenters. The van der Waals surface area contributed by atoms with Gasteiger partial charge in [-0.2, -0.15) is 0 Å². The summed E-state index contributed by atoms with van der Waals surface area (Å²) in [5.74, 6) is -5.88. The van der Waals surface area contributed by atoms with Gasteiger partial charge in [-0.3, -0.25) is 0 Å².